The van der Waals surface area contributed by atoms with Crippen molar-refractivity contribution in [2.75, 3.05) is 18.7 Å². The average Bonchev–Trinajstić information content (AvgIpc) is 3.07. The number of nitrogens with one attached hydrogen (secondary N) is 2. The first-order chi connectivity index (χ1) is 12.0. The van der Waals surface area contributed by atoms with Crippen LogP contribution in [0.5, 0.6) is 11.5 Å². The maximum atomic E-state index is 12.4. The van der Waals surface area contributed by atoms with E-state index in [1.54, 1.807) is 24.3 Å². The van der Waals surface area contributed by atoms with Gasteiger partial charge in [0, 0.05) is 30.1 Å². The van der Waals surface area contributed by atoms with Gasteiger partial charge in [-0.05, 0) is 30.2 Å². The van der Waals surface area contributed by atoms with E-state index in [9.17, 15) is 9.59 Å². The Kier molecular flexibility index (Phi) is 4.83. The van der Waals surface area contributed by atoms with Crippen molar-refractivity contribution in [3.8, 4) is 11.5 Å². The molecule has 0 unspecified atom stereocenters. The van der Waals surface area contributed by atoms with E-state index < -0.39 is 5.91 Å². The number of carbonyl (C=O) groups is 2. The maximum absolute atomic E-state index is 12.4. The Labute approximate surface area is 145 Å². The van der Waals surface area contributed by atoms with E-state index in [4.69, 9.17) is 9.47 Å². The molecule has 130 valence electrons. The van der Waals surface area contributed by atoms with Crippen LogP contribution in [0.4, 0.5) is 5.69 Å². The molecule has 2 aromatic rings. The summed E-state index contributed by atoms with van der Waals surface area (Å²) in [6.45, 7) is 4.76. The number of hydrogen-bond acceptors (Lipinski definition) is 5. The molecule has 0 saturated carbocycles. The minimum Gasteiger partial charge on any atom is -0.454 e. The average molecular weight is 341 g/mol. The van der Waals surface area contributed by atoms with Crippen LogP contribution in [0, 0.1) is 5.92 Å². The minimum absolute atomic E-state index is 0.162. The molecule has 0 atom stereocenters. The van der Waals surface area contributed by atoms with Gasteiger partial charge in [-0.15, -0.1) is 0 Å². The van der Waals surface area contributed by atoms with Crippen molar-refractivity contribution in [3.63, 3.8) is 0 Å². The molecule has 7 nitrogen and oxygen atoms in total. The van der Waals surface area contributed by atoms with E-state index in [0.717, 1.165) is 0 Å². The Bertz CT molecular complexity index is 805. The van der Waals surface area contributed by atoms with Crippen LogP contribution < -0.4 is 20.1 Å². The van der Waals surface area contributed by atoms with E-state index in [2.05, 4.69) is 15.6 Å². The van der Waals surface area contributed by atoms with Crippen LogP contribution in [0.3, 0.4) is 0 Å². The minimum atomic E-state index is -0.405. The normalized spacial score (nSPS) is 12.1. The van der Waals surface area contributed by atoms with Gasteiger partial charge in [-0.25, -0.2) is 0 Å². The Balaban J connectivity index is 1.70. The summed E-state index contributed by atoms with van der Waals surface area (Å²) >= 11 is 0. The molecule has 1 aliphatic heterocycles. The number of benzene rings is 1. The van der Waals surface area contributed by atoms with Crippen LogP contribution in [0.15, 0.2) is 36.5 Å². The fourth-order valence-corrected chi connectivity index (χ4v) is 2.26. The van der Waals surface area contributed by atoms with Gasteiger partial charge in [-0.1, -0.05) is 13.8 Å². The van der Waals surface area contributed by atoms with Crippen LogP contribution in [0.1, 0.15) is 34.7 Å². The van der Waals surface area contributed by atoms with E-state index in [-0.39, 0.29) is 18.4 Å². The lowest BCUT2D eigenvalue weighted by Gasteiger charge is -2.09. The molecule has 0 radical (unpaired) electrons. The lowest BCUT2D eigenvalue weighted by Crippen LogP contribution is -2.27. The van der Waals surface area contributed by atoms with Gasteiger partial charge in [0.2, 0.25) is 6.79 Å². The molecule has 1 aromatic heterocycles. The zero-order valence-electron chi connectivity index (χ0n) is 14.0. The zero-order valence-corrected chi connectivity index (χ0v) is 14.0. The Hall–Kier alpha value is -3.09. The highest BCUT2D eigenvalue weighted by molar-refractivity contribution is 6.04. The number of rotatable bonds is 5. The zero-order chi connectivity index (χ0) is 17.8. The summed E-state index contributed by atoms with van der Waals surface area (Å²) in [5.41, 5.74) is 1.12. The molecular formula is C18H19N3O4. The first-order valence-electron chi connectivity index (χ1n) is 7.98. The number of nitrogens with zero attached hydrogens (tertiary/aromatic N) is 1. The standard InChI is InChI=1S/C18H19N3O4/c1-11(2)9-20-17(22)12-5-6-19-14(7-12)18(23)21-13-3-4-15-16(8-13)25-10-24-15/h3-8,11H,9-10H2,1-2H3,(H,20,22)(H,21,23). The molecular weight excluding hydrogens is 322 g/mol. The molecule has 2 N–H and O–H groups in total. The quantitative estimate of drug-likeness (QED) is 0.872. The second-order valence-corrected chi connectivity index (χ2v) is 6.06. The topological polar surface area (TPSA) is 89.6 Å². The number of aromatic nitrogens is 1. The molecule has 3 rings (SSSR count). The third-order valence-corrected chi connectivity index (χ3v) is 3.56. The van der Waals surface area contributed by atoms with Crippen LogP contribution >= 0.6 is 0 Å². The predicted octanol–water partition coefficient (Wildman–Crippen LogP) is 2.45. The van der Waals surface area contributed by atoms with Gasteiger partial charge in [-0.3, -0.25) is 14.6 Å². The first kappa shape index (κ1) is 16.8. The summed E-state index contributed by atoms with van der Waals surface area (Å²) in [5.74, 6) is 0.928. The van der Waals surface area contributed by atoms with E-state index >= 15 is 0 Å². The summed E-state index contributed by atoms with van der Waals surface area (Å²) in [7, 11) is 0. The molecule has 0 bridgehead atoms. The fraction of sp³-hybridized carbons (Fsp3) is 0.278. The van der Waals surface area contributed by atoms with Crippen molar-refractivity contribution in [2.45, 2.75) is 13.8 Å². The molecule has 7 heteroatoms. The monoisotopic (exact) mass is 341 g/mol. The largest absolute Gasteiger partial charge is 0.454 e. The van der Waals surface area contributed by atoms with Crippen molar-refractivity contribution in [1.29, 1.82) is 0 Å². The SMILES string of the molecule is CC(C)CNC(=O)c1ccnc(C(=O)Nc2ccc3c(c2)OCO3)c1. The van der Waals surface area contributed by atoms with E-state index in [1.807, 2.05) is 13.8 Å². The molecule has 2 heterocycles. The molecule has 0 fully saturated rings. The van der Waals surface area contributed by atoms with Crippen molar-refractivity contribution in [2.24, 2.45) is 5.92 Å². The number of amides is 2. The lowest BCUT2D eigenvalue weighted by molar-refractivity contribution is 0.0949. The molecule has 0 spiro atoms. The lowest BCUT2D eigenvalue weighted by atomic mass is 10.2. The summed E-state index contributed by atoms with van der Waals surface area (Å²) in [5, 5.41) is 5.55. The molecule has 25 heavy (non-hydrogen) atoms. The van der Waals surface area contributed by atoms with Gasteiger partial charge in [0.05, 0.1) is 0 Å². The third kappa shape index (κ3) is 4.06. The molecule has 0 saturated heterocycles. The second kappa shape index (κ2) is 7.21. The van der Waals surface area contributed by atoms with E-state index in [0.29, 0.717) is 35.2 Å². The smallest absolute Gasteiger partial charge is 0.274 e. The number of hydrogen-bond donors (Lipinski definition) is 2. The molecule has 2 amide bonds. The number of ether oxygens (including phenoxy) is 2. The Morgan fingerprint density at radius 1 is 1.12 bits per heavy atom. The molecule has 1 aliphatic rings. The summed E-state index contributed by atoms with van der Waals surface area (Å²) in [6, 6.07) is 8.16. The molecule has 1 aromatic carbocycles. The van der Waals surface area contributed by atoms with Crippen LogP contribution in [0.25, 0.3) is 0 Å². The highest BCUT2D eigenvalue weighted by Gasteiger charge is 2.16. The van der Waals surface area contributed by atoms with Gasteiger partial charge in [-0.2, -0.15) is 0 Å². The van der Waals surface area contributed by atoms with Crippen LogP contribution in [-0.4, -0.2) is 30.1 Å². The highest BCUT2D eigenvalue weighted by atomic mass is 16.7. The van der Waals surface area contributed by atoms with Gasteiger partial charge in [0.15, 0.2) is 11.5 Å². The van der Waals surface area contributed by atoms with Gasteiger partial charge < -0.3 is 20.1 Å². The number of carbonyl (C=O) groups excluding carboxylic acids is 2. The Morgan fingerprint density at radius 2 is 1.92 bits per heavy atom. The van der Waals surface area contributed by atoms with Crippen LogP contribution in [-0.2, 0) is 0 Å². The number of anilines is 1. The van der Waals surface area contributed by atoms with Crippen molar-refractivity contribution < 1.29 is 19.1 Å². The van der Waals surface area contributed by atoms with Crippen LogP contribution in [0.2, 0.25) is 0 Å². The first-order valence-corrected chi connectivity index (χ1v) is 7.98. The summed E-state index contributed by atoms with van der Waals surface area (Å²) in [4.78, 5) is 28.5. The summed E-state index contributed by atoms with van der Waals surface area (Å²) in [6.07, 6.45) is 1.44. The van der Waals surface area contributed by atoms with Crippen molar-refractivity contribution in [1.82, 2.24) is 10.3 Å². The third-order valence-electron chi connectivity index (χ3n) is 3.56. The van der Waals surface area contributed by atoms with Crippen molar-refractivity contribution >= 4 is 17.5 Å². The van der Waals surface area contributed by atoms with Gasteiger partial charge in [0.1, 0.15) is 5.69 Å². The summed E-state index contributed by atoms with van der Waals surface area (Å²) < 4.78 is 10.5. The maximum Gasteiger partial charge on any atom is 0.274 e. The fourth-order valence-electron chi connectivity index (χ4n) is 2.26. The second-order valence-electron chi connectivity index (χ2n) is 6.06. The van der Waals surface area contributed by atoms with Gasteiger partial charge in [0.25, 0.3) is 11.8 Å². The van der Waals surface area contributed by atoms with Gasteiger partial charge >= 0.3 is 0 Å². The highest BCUT2D eigenvalue weighted by Crippen LogP contribution is 2.34. The Morgan fingerprint density at radius 3 is 2.72 bits per heavy atom. The van der Waals surface area contributed by atoms with Crippen molar-refractivity contribution in [3.05, 3.63) is 47.8 Å². The van der Waals surface area contributed by atoms with E-state index in [1.165, 1.54) is 12.3 Å². The predicted molar refractivity (Wildman–Crippen MR) is 91.9 cm³/mol. The number of pyridine rings is 1. The number of fused-ring (bicyclic) bond motifs is 1. The molecule has 0 aliphatic carbocycles.